The van der Waals surface area contributed by atoms with Crippen molar-refractivity contribution in [2.75, 3.05) is 34.8 Å². The number of nitrogens with one attached hydrogen (secondary N) is 1. The second-order valence-electron chi connectivity index (χ2n) is 8.03. The average Bonchev–Trinajstić information content (AvgIpc) is 3.39. The highest BCUT2D eigenvalue weighted by Gasteiger charge is 2.41. The fraction of sp³-hybridized carbons (Fsp3) is 0.350. The van der Waals surface area contributed by atoms with E-state index in [2.05, 4.69) is 24.7 Å². The van der Waals surface area contributed by atoms with E-state index in [0.29, 0.717) is 46.7 Å². The summed E-state index contributed by atoms with van der Waals surface area (Å²) in [5.74, 6) is -1.88. The summed E-state index contributed by atoms with van der Waals surface area (Å²) in [7, 11) is 0. The number of hydrogen-bond donors (Lipinski definition) is 2. The molecular weight excluding hydrogens is 448 g/mol. The van der Waals surface area contributed by atoms with Crippen LogP contribution in [0.15, 0.2) is 24.8 Å². The second kappa shape index (κ2) is 7.92. The summed E-state index contributed by atoms with van der Waals surface area (Å²) in [4.78, 5) is 48.5. The van der Waals surface area contributed by atoms with E-state index in [1.165, 1.54) is 13.3 Å². The first-order valence-electron chi connectivity index (χ1n) is 10.2. The van der Waals surface area contributed by atoms with Crippen LogP contribution in [0.4, 0.5) is 22.5 Å². The van der Waals surface area contributed by atoms with Crippen LogP contribution < -0.4 is 15.1 Å². The van der Waals surface area contributed by atoms with Crippen LogP contribution in [0.5, 0.6) is 0 Å². The lowest BCUT2D eigenvalue weighted by atomic mass is 9.90. The molecule has 13 heteroatoms. The van der Waals surface area contributed by atoms with E-state index in [0.717, 1.165) is 11.5 Å². The van der Waals surface area contributed by atoms with Crippen molar-refractivity contribution in [3.05, 3.63) is 35.9 Å². The summed E-state index contributed by atoms with van der Waals surface area (Å²) >= 11 is 1.12. The first-order chi connectivity index (χ1) is 15.8. The van der Waals surface area contributed by atoms with Crippen LogP contribution in [0.2, 0.25) is 0 Å². The van der Waals surface area contributed by atoms with Gasteiger partial charge >= 0.3 is 5.97 Å². The van der Waals surface area contributed by atoms with Gasteiger partial charge in [-0.2, -0.15) is 9.47 Å². The monoisotopic (exact) mass is 468 g/mol. The van der Waals surface area contributed by atoms with Crippen molar-refractivity contribution in [3.63, 3.8) is 0 Å². The molecule has 33 heavy (non-hydrogen) atoms. The van der Waals surface area contributed by atoms with Gasteiger partial charge in [0.15, 0.2) is 5.78 Å². The Bertz CT molecular complexity index is 1250. The van der Waals surface area contributed by atoms with Crippen molar-refractivity contribution in [2.45, 2.75) is 19.9 Å². The molecule has 0 saturated carbocycles. The number of carboxylic acids is 1. The van der Waals surface area contributed by atoms with Crippen LogP contribution >= 0.6 is 11.5 Å². The Morgan fingerprint density at radius 2 is 2.06 bits per heavy atom. The van der Waals surface area contributed by atoms with Gasteiger partial charge < -0.3 is 15.3 Å². The number of fused-ring (bicyclic) bond motifs is 1. The zero-order valence-electron chi connectivity index (χ0n) is 17.8. The largest absolute Gasteiger partial charge is 0.481 e. The Balaban J connectivity index is 1.42. The fourth-order valence-corrected chi connectivity index (χ4v) is 4.63. The zero-order valence-corrected chi connectivity index (χ0v) is 18.6. The van der Waals surface area contributed by atoms with E-state index in [9.17, 15) is 19.5 Å². The molecule has 12 nitrogen and oxygen atoms in total. The number of Topliss-reactive ketones (excluding diaryl/α,β-unsaturated/α-hetero) is 1. The highest BCUT2D eigenvalue weighted by Crippen LogP contribution is 2.39. The minimum absolute atomic E-state index is 0.0475. The maximum atomic E-state index is 12.9. The van der Waals surface area contributed by atoms with Gasteiger partial charge in [0.1, 0.15) is 23.9 Å². The van der Waals surface area contributed by atoms with Crippen LogP contribution in [0.3, 0.4) is 0 Å². The molecule has 170 valence electrons. The Hall–Kier alpha value is -3.87. The quantitative estimate of drug-likeness (QED) is 0.528. The van der Waals surface area contributed by atoms with Gasteiger partial charge in [0.05, 0.1) is 23.5 Å². The third-order valence-corrected chi connectivity index (χ3v) is 6.42. The van der Waals surface area contributed by atoms with Crippen LogP contribution in [0.1, 0.15) is 28.9 Å². The maximum Gasteiger partial charge on any atom is 0.316 e. The molecule has 0 aromatic carbocycles. The summed E-state index contributed by atoms with van der Waals surface area (Å²) < 4.78 is 5.82. The van der Waals surface area contributed by atoms with E-state index in [1.807, 2.05) is 4.68 Å². The molecule has 0 bridgehead atoms. The Morgan fingerprint density at radius 3 is 2.73 bits per heavy atom. The third-order valence-electron chi connectivity index (χ3n) is 5.73. The summed E-state index contributed by atoms with van der Waals surface area (Å²) in [6, 6.07) is 1.92. The normalized spacial score (nSPS) is 18.1. The third kappa shape index (κ3) is 3.69. The average molecular weight is 468 g/mol. The van der Waals surface area contributed by atoms with E-state index in [-0.39, 0.29) is 18.5 Å². The molecule has 3 aromatic rings. The van der Waals surface area contributed by atoms with Gasteiger partial charge in [-0.15, -0.1) is 0 Å². The molecule has 2 N–H and O–H groups in total. The lowest BCUT2D eigenvalue weighted by molar-refractivity contribution is -0.139. The minimum Gasteiger partial charge on any atom is -0.481 e. The number of aromatic nitrogens is 5. The summed E-state index contributed by atoms with van der Waals surface area (Å²) in [5.41, 5.74) is 1.61. The number of anilines is 4. The SMILES string of the molecule is CC(=O)Nc1cnn(C2CN(c3cc(C)c4c(n3)N(c3ncns3)CC(C(=O)O)C4=O)C2)c1. The van der Waals surface area contributed by atoms with Gasteiger partial charge in [-0.05, 0) is 18.6 Å². The van der Waals surface area contributed by atoms with E-state index < -0.39 is 17.7 Å². The second-order valence-corrected chi connectivity index (χ2v) is 8.79. The molecule has 1 atom stereocenters. The lowest BCUT2D eigenvalue weighted by Gasteiger charge is -2.41. The van der Waals surface area contributed by atoms with Gasteiger partial charge in [0, 0.05) is 44.3 Å². The molecule has 1 amide bonds. The number of carbonyl (C=O) groups is 3. The molecule has 2 aliphatic heterocycles. The molecule has 5 rings (SSSR count). The van der Waals surface area contributed by atoms with E-state index >= 15 is 0 Å². The summed E-state index contributed by atoms with van der Waals surface area (Å²) in [6.45, 7) is 4.48. The number of aliphatic carboxylic acids is 1. The molecule has 0 spiro atoms. The zero-order chi connectivity index (χ0) is 23.3. The van der Waals surface area contributed by atoms with Crippen molar-refractivity contribution in [1.29, 1.82) is 0 Å². The number of ketones is 1. The smallest absolute Gasteiger partial charge is 0.316 e. The number of hydrogen-bond acceptors (Lipinski definition) is 10. The predicted molar refractivity (Wildman–Crippen MR) is 119 cm³/mol. The van der Waals surface area contributed by atoms with Crippen molar-refractivity contribution < 1.29 is 19.5 Å². The van der Waals surface area contributed by atoms with Crippen LogP contribution in [0, 0.1) is 12.8 Å². The number of carboxylic acid groups (broad SMARTS) is 1. The summed E-state index contributed by atoms with van der Waals surface area (Å²) in [6.07, 6.45) is 4.79. The molecule has 3 aromatic heterocycles. The van der Waals surface area contributed by atoms with Crippen molar-refractivity contribution in [3.8, 4) is 0 Å². The Labute approximate surface area is 192 Å². The predicted octanol–water partition coefficient (Wildman–Crippen LogP) is 1.49. The van der Waals surface area contributed by atoms with Crippen LogP contribution in [-0.4, -0.2) is 66.5 Å². The standard InChI is InChI=1S/C20H20N8O4S/c1-10-3-15(26-6-13(7-26)28-5-12(4-22-28)24-11(2)29)25-18-16(10)17(30)14(19(31)32)8-27(18)20-21-9-23-33-20/h3-5,9,13-14H,6-8H2,1-2H3,(H,24,29)(H,31,32). The molecule has 2 aliphatic rings. The van der Waals surface area contributed by atoms with Crippen molar-refractivity contribution >= 4 is 51.6 Å². The maximum absolute atomic E-state index is 12.9. The van der Waals surface area contributed by atoms with Crippen LogP contribution in [-0.2, 0) is 9.59 Å². The Kier molecular flexibility index (Phi) is 5.04. The molecule has 5 heterocycles. The first kappa shape index (κ1) is 21.0. The van der Waals surface area contributed by atoms with Crippen LogP contribution in [0.25, 0.3) is 0 Å². The molecule has 1 fully saturated rings. The number of pyridine rings is 1. The van der Waals surface area contributed by atoms with Gasteiger partial charge in [-0.3, -0.25) is 24.0 Å². The highest BCUT2D eigenvalue weighted by molar-refractivity contribution is 7.09. The molecule has 1 unspecified atom stereocenters. The minimum atomic E-state index is -1.20. The highest BCUT2D eigenvalue weighted by atomic mass is 32.1. The molecule has 1 saturated heterocycles. The van der Waals surface area contributed by atoms with E-state index in [4.69, 9.17) is 4.98 Å². The van der Waals surface area contributed by atoms with Gasteiger partial charge in [-0.1, -0.05) is 0 Å². The van der Waals surface area contributed by atoms with Gasteiger partial charge in [0.2, 0.25) is 11.0 Å². The number of nitrogens with zero attached hydrogens (tertiary/aromatic N) is 7. The number of aryl methyl sites for hydroxylation is 1. The number of amides is 1. The summed E-state index contributed by atoms with van der Waals surface area (Å²) in [5, 5.41) is 17.1. The van der Waals surface area contributed by atoms with Crippen molar-refractivity contribution in [1.82, 2.24) is 24.1 Å². The van der Waals surface area contributed by atoms with E-state index in [1.54, 1.807) is 30.3 Å². The number of rotatable bonds is 5. The van der Waals surface area contributed by atoms with Gasteiger partial charge in [0.25, 0.3) is 0 Å². The van der Waals surface area contributed by atoms with Gasteiger partial charge in [-0.25, -0.2) is 9.97 Å². The Morgan fingerprint density at radius 1 is 1.27 bits per heavy atom. The number of carbonyl (C=O) groups excluding carboxylic acids is 2. The lowest BCUT2D eigenvalue weighted by Crippen LogP contribution is -2.49. The molecule has 0 radical (unpaired) electrons. The topological polar surface area (TPSA) is 146 Å². The fourth-order valence-electron chi connectivity index (χ4n) is 4.09. The first-order valence-corrected chi connectivity index (χ1v) is 11.0. The molecular formula is C20H20N8O4S. The van der Waals surface area contributed by atoms with Crippen molar-refractivity contribution in [2.24, 2.45) is 5.92 Å². The molecule has 0 aliphatic carbocycles.